The van der Waals surface area contributed by atoms with Crippen LogP contribution in [0.4, 0.5) is 24.5 Å². The van der Waals surface area contributed by atoms with Gasteiger partial charge in [0.1, 0.15) is 0 Å². The third-order valence-corrected chi connectivity index (χ3v) is 2.53. The van der Waals surface area contributed by atoms with Crippen molar-refractivity contribution in [1.29, 1.82) is 0 Å². The first kappa shape index (κ1) is 13.5. The normalized spacial score (nSPS) is 12.0. The van der Waals surface area contributed by atoms with E-state index in [4.69, 9.17) is 11.6 Å². The van der Waals surface area contributed by atoms with Crippen LogP contribution in [0.2, 0.25) is 5.02 Å². The maximum Gasteiger partial charge on any atom is 0.418 e. The van der Waals surface area contributed by atoms with Crippen LogP contribution in [-0.4, -0.2) is 0 Å². The van der Waals surface area contributed by atoms with E-state index in [1.165, 1.54) is 12.1 Å². The molecule has 0 aliphatic rings. The number of halogens is 4. The van der Waals surface area contributed by atoms with Gasteiger partial charge in [0.05, 0.1) is 16.9 Å². The largest absolute Gasteiger partial charge is 0.418 e. The lowest BCUT2D eigenvalue weighted by Gasteiger charge is -2.09. The SMILES string of the molecule is FC(F)(F)c1cc(Cl)ccc1N=Nc1ccccc1. The Morgan fingerprint density at radius 3 is 2.21 bits per heavy atom. The fourth-order valence-electron chi connectivity index (χ4n) is 1.43. The highest BCUT2D eigenvalue weighted by Gasteiger charge is 2.33. The van der Waals surface area contributed by atoms with Crippen LogP contribution < -0.4 is 0 Å². The average Bonchev–Trinajstić information content (AvgIpc) is 2.37. The molecule has 0 N–H and O–H groups in total. The van der Waals surface area contributed by atoms with Crippen LogP contribution in [0.3, 0.4) is 0 Å². The first-order chi connectivity index (χ1) is 8.97. The van der Waals surface area contributed by atoms with E-state index < -0.39 is 11.7 Å². The van der Waals surface area contributed by atoms with Gasteiger partial charge in [0, 0.05) is 5.02 Å². The first-order valence-corrected chi connectivity index (χ1v) is 5.68. The molecule has 0 aliphatic carbocycles. The summed E-state index contributed by atoms with van der Waals surface area (Å²) in [5.74, 6) is 0. The minimum Gasteiger partial charge on any atom is -0.166 e. The van der Waals surface area contributed by atoms with Crippen LogP contribution in [0.15, 0.2) is 58.8 Å². The second-order valence-electron chi connectivity index (χ2n) is 3.69. The van der Waals surface area contributed by atoms with Gasteiger partial charge < -0.3 is 0 Å². The summed E-state index contributed by atoms with van der Waals surface area (Å²) in [6.07, 6.45) is -4.52. The van der Waals surface area contributed by atoms with Crippen LogP contribution in [0.1, 0.15) is 5.56 Å². The number of alkyl halides is 3. The zero-order valence-corrected chi connectivity index (χ0v) is 10.3. The van der Waals surface area contributed by atoms with Gasteiger partial charge >= 0.3 is 6.18 Å². The maximum atomic E-state index is 12.8. The highest BCUT2D eigenvalue weighted by molar-refractivity contribution is 6.30. The summed E-state index contributed by atoms with van der Waals surface area (Å²) in [5.41, 5.74) is -0.689. The molecule has 0 unspecified atom stereocenters. The second kappa shape index (κ2) is 5.40. The van der Waals surface area contributed by atoms with Crippen molar-refractivity contribution in [3.63, 3.8) is 0 Å². The summed E-state index contributed by atoms with van der Waals surface area (Å²) in [4.78, 5) is 0. The van der Waals surface area contributed by atoms with E-state index in [-0.39, 0.29) is 10.7 Å². The minimum absolute atomic E-state index is 0.00554. The smallest absolute Gasteiger partial charge is 0.166 e. The van der Waals surface area contributed by atoms with Crippen molar-refractivity contribution in [1.82, 2.24) is 0 Å². The summed E-state index contributed by atoms with van der Waals surface area (Å²) in [6, 6.07) is 11.9. The van der Waals surface area contributed by atoms with Crippen molar-refractivity contribution in [2.75, 3.05) is 0 Å². The summed E-state index contributed by atoms with van der Waals surface area (Å²) in [5, 5.41) is 7.40. The van der Waals surface area contributed by atoms with Gasteiger partial charge in [-0.25, -0.2) is 0 Å². The quantitative estimate of drug-likeness (QED) is 0.625. The summed E-state index contributed by atoms with van der Waals surface area (Å²) < 4.78 is 38.4. The zero-order chi connectivity index (χ0) is 13.9. The molecule has 0 bridgehead atoms. The number of hydrogen-bond acceptors (Lipinski definition) is 2. The Balaban J connectivity index is 2.38. The minimum atomic E-state index is -4.52. The Labute approximate surface area is 112 Å². The number of azo groups is 1. The Kier molecular flexibility index (Phi) is 3.85. The summed E-state index contributed by atoms with van der Waals surface area (Å²) in [6.45, 7) is 0. The molecule has 0 fully saturated rings. The van der Waals surface area contributed by atoms with Crippen LogP contribution >= 0.6 is 11.6 Å². The molecule has 2 aromatic rings. The molecular weight excluding hydrogens is 277 g/mol. The molecule has 2 aromatic carbocycles. The number of nitrogens with zero attached hydrogens (tertiary/aromatic N) is 2. The Morgan fingerprint density at radius 1 is 0.895 bits per heavy atom. The van der Waals surface area contributed by atoms with Gasteiger partial charge in [0.15, 0.2) is 0 Å². The van der Waals surface area contributed by atoms with E-state index in [9.17, 15) is 13.2 Å². The fourth-order valence-corrected chi connectivity index (χ4v) is 1.60. The zero-order valence-electron chi connectivity index (χ0n) is 9.53. The average molecular weight is 285 g/mol. The molecule has 0 saturated heterocycles. The molecule has 0 saturated carbocycles. The molecule has 0 amide bonds. The van der Waals surface area contributed by atoms with E-state index in [0.29, 0.717) is 5.69 Å². The van der Waals surface area contributed by atoms with E-state index in [2.05, 4.69) is 10.2 Å². The van der Waals surface area contributed by atoms with Gasteiger partial charge in [-0.2, -0.15) is 18.3 Å². The lowest BCUT2D eigenvalue weighted by molar-refractivity contribution is -0.137. The standard InChI is InChI=1S/C13H8ClF3N2/c14-9-6-7-12(11(8-9)13(15,16)17)19-18-10-4-2-1-3-5-10/h1-8H. The highest BCUT2D eigenvalue weighted by atomic mass is 35.5. The molecule has 0 atom stereocenters. The van der Waals surface area contributed by atoms with Gasteiger partial charge in [-0.15, -0.1) is 5.11 Å². The Bertz CT molecular complexity index is 595. The Hall–Kier alpha value is -1.88. The highest BCUT2D eigenvalue weighted by Crippen LogP contribution is 2.38. The van der Waals surface area contributed by atoms with E-state index in [1.807, 2.05) is 0 Å². The van der Waals surface area contributed by atoms with Crippen molar-refractivity contribution in [3.05, 3.63) is 59.1 Å². The third-order valence-electron chi connectivity index (χ3n) is 2.29. The van der Waals surface area contributed by atoms with Crippen LogP contribution in [0.5, 0.6) is 0 Å². The van der Waals surface area contributed by atoms with E-state index in [1.54, 1.807) is 30.3 Å². The lowest BCUT2D eigenvalue weighted by atomic mass is 10.2. The topological polar surface area (TPSA) is 24.7 Å². The van der Waals surface area contributed by atoms with Crippen LogP contribution in [0, 0.1) is 0 Å². The second-order valence-corrected chi connectivity index (χ2v) is 4.13. The van der Waals surface area contributed by atoms with Gasteiger partial charge in [-0.1, -0.05) is 29.8 Å². The Morgan fingerprint density at radius 2 is 1.58 bits per heavy atom. The van der Waals surface area contributed by atoms with E-state index in [0.717, 1.165) is 6.07 Å². The van der Waals surface area contributed by atoms with Crippen molar-refractivity contribution >= 4 is 23.0 Å². The predicted molar refractivity (Wildman–Crippen MR) is 67.1 cm³/mol. The number of rotatable bonds is 2. The molecule has 2 rings (SSSR count). The maximum absolute atomic E-state index is 12.8. The van der Waals surface area contributed by atoms with Crippen molar-refractivity contribution in [3.8, 4) is 0 Å². The van der Waals surface area contributed by atoms with Crippen molar-refractivity contribution in [2.45, 2.75) is 6.18 Å². The van der Waals surface area contributed by atoms with Gasteiger partial charge in [0.2, 0.25) is 0 Å². The van der Waals surface area contributed by atoms with Crippen molar-refractivity contribution < 1.29 is 13.2 Å². The molecule has 0 aromatic heterocycles. The van der Waals surface area contributed by atoms with Crippen LogP contribution in [-0.2, 0) is 6.18 Å². The molecule has 98 valence electrons. The molecule has 0 aliphatic heterocycles. The van der Waals surface area contributed by atoms with E-state index >= 15 is 0 Å². The lowest BCUT2D eigenvalue weighted by Crippen LogP contribution is -2.04. The molecule has 0 spiro atoms. The third kappa shape index (κ3) is 3.54. The van der Waals surface area contributed by atoms with Crippen molar-refractivity contribution in [2.24, 2.45) is 10.2 Å². The molecular formula is C13H8ClF3N2. The molecule has 0 heterocycles. The molecule has 0 radical (unpaired) electrons. The summed E-state index contributed by atoms with van der Waals surface area (Å²) in [7, 11) is 0. The number of benzene rings is 2. The monoisotopic (exact) mass is 284 g/mol. The molecule has 6 heteroatoms. The fraction of sp³-hybridized carbons (Fsp3) is 0.0769. The van der Waals surface area contributed by atoms with Crippen LogP contribution in [0.25, 0.3) is 0 Å². The van der Waals surface area contributed by atoms with Gasteiger partial charge in [-0.05, 0) is 30.3 Å². The van der Waals surface area contributed by atoms with Gasteiger partial charge in [0.25, 0.3) is 0 Å². The van der Waals surface area contributed by atoms with Gasteiger partial charge in [-0.3, -0.25) is 0 Å². The molecule has 19 heavy (non-hydrogen) atoms. The molecule has 2 nitrogen and oxygen atoms in total. The summed E-state index contributed by atoms with van der Waals surface area (Å²) >= 11 is 5.57. The predicted octanol–water partition coefficient (Wildman–Crippen LogP) is 5.77. The first-order valence-electron chi connectivity index (χ1n) is 5.30. The number of hydrogen-bond donors (Lipinski definition) is 0.